The molecule has 3 rings (SSSR count). The number of benzene rings is 1. The number of fused-ring (bicyclic) bond motifs is 1. The van der Waals surface area contributed by atoms with E-state index >= 15 is 0 Å². The fourth-order valence-corrected chi connectivity index (χ4v) is 2.87. The average Bonchev–Trinajstić information content (AvgIpc) is 2.94. The quantitative estimate of drug-likeness (QED) is 0.742. The van der Waals surface area contributed by atoms with Crippen molar-refractivity contribution in [1.82, 2.24) is 0 Å². The Morgan fingerprint density at radius 1 is 1.18 bits per heavy atom. The summed E-state index contributed by atoms with van der Waals surface area (Å²) in [6, 6.07) is 9.98. The summed E-state index contributed by atoms with van der Waals surface area (Å²) in [5.74, 6) is 0. The molecule has 2 nitrogen and oxygen atoms in total. The first-order valence-corrected chi connectivity index (χ1v) is 6.41. The van der Waals surface area contributed by atoms with Gasteiger partial charge in [-0.05, 0) is 30.0 Å². The molecule has 0 radical (unpaired) electrons. The molecule has 0 amide bonds. The van der Waals surface area contributed by atoms with Gasteiger partial charge >= 0.3 is 0 Å². The van der Waals surface area contributed by atoms with Gasteiger partial charge in [-0.25, -0.2) is 0 Å². The highest BCUT2D eigenvalue weighted by atomic mass is 32.1. The molecule has 0 saturated heterocycles. The first kappa shape index (κ1) is 10.6. The second-order valence-electron chi connectivity index (χ2n) is 4.10. The Kier molecular flexibility index (Phi) is 2.50. The Balaban J connectivity index is 2.13. The minimum Gasteiger partial charge on any atom is -0.464 e. The van der Waals surface area contributed by atoms with E-state index in [4.69, 9.17) is 10.2 Å². The van der Waals surface area contributed by atoms with Crippen LogP contribution in [-0.4, -0.2) is 0 Å². The zero-order chi connectivity index (χ0) is 11.8. The molecular formula is C14H13NOS. The summed E-state index contributed by atoms with van der Waals surface area (Å²) in [6.45, 7) is 2.10. The van der Waals surface area contributed by atoms with Crippen LogP contribution in [0.15, 0.2) is 46.4 Å². The van der Waals surface area contributed by atoms with Crippen LogP contribution in [0.3, 0.4) is 0 Å². The average molecular weight is 243 g/mol. The lowest BCUT2D eigenvalue weighted by Crippen LogP contribution is -2.11. The monoisotopic (exact) mass is 243 g/mol. The van der Waals surface area contributed by atoms with Gasteiger partial charge in [0.05, 0.1) is 12.3 Å². The van der Waals surface area contributed by atoms with E-state index in [1.807, 2.05) is 18.2 Å². The highest BCUT2D eigenvalue weighted by Gasteiger charge is 2.17. The molecule has 0 aliphatic carbocycles. The molecule has 1 unspecified atom stereocenters. The van der Waals surface area contributed by atoms with Gasteiger partial charge in [0.1, 0.15) is 5.58 Å². The largest absolute Gasteiger partial charge is 0.464 e. The van der Waals surface area contributed by atoms with E-state index in [1.54, 1.807) is 17.6 Å². The summed E-state index contributed by atoms with van der Waals surface area (Å²) in [5, 5.41) is 3.18. The Morgan fingerprint density at radius 3 is 2.76 bits per heavy atom. The van der Waals surface area contributed by atoms with Crippen molar-refractivity contribution in [3.8, 4) is 0 Å². The molecule has 1 aromatic carbocycles. The van der Waals surface area contributed by atoms with E-state index in [2.05, 4.69) is 24.4 Å². The van der Waals surface area contributed by atoms with Crippen molar-refractivity contribution >= 4 is 22.3 Å². The topological polar surface area (TPSA) is 39.2 Å². The summed E-state index contributed by atoms with van der Waals surface area (Å²) in [6.07, 6.45) is 1.77. The van der Waals surface area contributed by atoms with E-state index in [1.165, 1.54) is 10.4 Å². The molecule has 3 heteroatoms. The van der Waals surface area contributed by atoms with Gasteiger partial charge in [-0.2, -0.15) is 0 Å². The maximum absolute atomic E-state index is 6.32. The molecule has 86 valence electrons. The molecule has 0 spiro atoms. The van der Waals surface area contributed by atoms with Crippen LogP contribution in [0.25, 0.3) is 11.0 Å². The fraction of sp³-hybridized carbons (Fsp3) is 0.143. The van der Waals surface area contributed by atoms with Gasteiger partial charge in [-0.15, -0.1) is 11.3 Å². The van der Waals surface area contributed by atoms with Gasteiger partial charge < -0.3 is 10.2 Å². The third-order valence-corrected chi connectivity index (χ3v) is 3.94. The lowest BCUT2D eigenvalue weighted by Gasteiger charge is -2.09. The van der Waals surface area contributed by atoms with Crippen molar-refractivity contribution in [2.24, 2.45) is 5.73 Å². The summed E-state index contributed by atoms with van der Waals surface area (Å²) >= 11 is 1.72. The van der Waals surface area contributed by atoms with Gasteiger partial charge in [-0.3, -0.25) is 0 Å². The number of nitrogens with two attached hydrogens (primary N) is 1. The molecule has 0 saturated carbocycles. The molecule has 0 aliphatic rings. The van der Waals surface area contributed by atoms with Crippen molar-refractivity contribution in [3.63, 3.8) is 0 Å². The summed E-state index contributed by atoms with van der Waals surface area (Å²) in [5.41, 5.74) is 9.45. The first-order valence-electron chi connectivity index (χ1n) is 5.53. The maximum Gasteiger partial charge on any atom is 0.134 e. The van der Waals surface area contributed by atoms with Gasteiger partial charge in [0.15, 0.2) is 0 Å². The molecule has 0 bridgehead atoms. The minimum atomic E-state index is -0.107. The second kappa shape index (κ2) is 4.02. The Hall–Kier alpha value is -1.58. The number of para-hydroxylation sites is 1. The van der Waals surface area contributed by atoms with Crippen molar-refractivity contribution in [1.29, 1.82) is 0 Å². The third kappa shape index (κ3) is 1.68. The van der Waals surface area contributed by atoms with E-state index in [0.717, 1.165) is 16.5 Å². The SMILES string of the molecule is Cc1sccc1C(N)c1coc2ccccc12. The number of rotatable bonds is 2. The van der Waals surface area contributed by atoms with Crippen LogP contribution in [0.4, 0.5) is 0 Å². The van der Waals surface area contributed by atoms with Gasteiger partial charge in [-0.1, -0.05) is 18.2 Å². The van der Waals surface area contributed by atoms with Crippen LogP contribution in [0.5, 0.6) is 0 Å². The van der Waals surface area contributed by atoms with E-state index in [-0.39, 0.29) is 6.04 Å². The van der Waals surface area contributed by atoms with Crippen LogP contribution in [0.1, 0.15) is 22.0 Å². The molecule has 2 N–H and O–H groups in total. The van der Waals surface area contributed by atoms with E-state index < -0.39 is 0 Å². The van der Waals surface area contributed by atoms with Crippen molar-refractivity contribution in [2.75, 3.05) is 0 Å². The predicted octanol–water partition coefficient (Wildman–Crippen LogP) is 3.85. The molecular weight excluding hydrogens is 230 g/mol. The van der Waals surface area contributed by atoms with Gasteiger partial charge in [0.25, 0.3) is 0 Å². The first-order chi connectivity index (χ1) is 8.27. The number of aryl methyl sites for hydroxylation is 1. The number of thiophene rings is 1. The molecule has 0 aliphatic heterocycles. The molecule has 0 fully saturated rings. The summed E-state index contributed by atoms with van der Waals surface area (Å²) in [4.78, 5) is 1.27. The zero-order valence-electron chi connectivity index (χ0n) is 9.51. The van der Waals surface area contributed by atoms with E-state index in [9.17, 15) is 0 Å². The number of furan rings is 1. The zero-order valence-corrected chi connectivity index (χ0v) is 10.3. The van der Waals surface area contributed by atoms with Crippen LogP contribution in [-0.2, 0) is 0 Å². The van der Waals surface area contributed by atoms with Crippen LogP contribution in [0, 0.1) is 6.92 Å². The molecule has 3 aromatic rings. The van der Waals surface area contributed by atoms with Crippen molar-refractivity contribution in [2.45, 2.75) is 13.0 Å². The lowest BCUT2D eigenvalue weighted by atomic mass is 10.00. The fourth-order valence-electron chi connectivity index (χ4n) is 2.12. The normalized spacial score (nSPS) is 13.1. The minimum absolute atomic E-state index is 0.107. The van der Waals surface area contributed by atoms with Gasteiger partial charge in [0.2, 0.25) is 0 Å². The highest BCUT2D eigenvalue weighted by molar-refractivity contribution is 7.10. The summed E-state index contributed by atoms with van der Waals surface area (Å²) < 4.78 is 5.53. The predicted molar refractivity (Wildman–Crippen MR) is 71.3 cm³/mol. The highest BCUT2D eigenvalue weighted by Crippen LogP contribution is 2.31. The smallest absolute Gasteiger partial charge is 0.134 e. The molecule has 1 atom stereocenters. The van der Waals surface area contributed by atoms with Crippen molar-refractivity contribution < 1.29 is 4.42 Å². The molecule has 2 aromatic heterocycles. The maximum atomic E-state index is 6.32. The lowest BCUT2D eigenvalue weighted by molar-refractivity contribution is 0.607. The van der Waals surface area contributed by atoms with Crippen LogP contribution >= 0.6 is 11.3 Å². The van der Waals surface area contributed by atoms with Crippen molar-refractivity contribution in [3.05, 3.63) is 58.0 Å². The molecule has 17 heavy (non-hydrogen) atoms. The number of hydrogen-bond acceptors (Lipinski definition) is 3. The third-order valence-electron chi connectivity index (χ3n) is 3.08. The standard InChI is InChI=1S/C14H13NOS/c1-9-10(6-7-17-9)14(15)12-8-16-13-5-3-2-4-11(12)13/h2-8,14H,15H2,1H3. The van der Waals surface area contributed by atoms with Crippen LogP contribution < -0.4 is 5.73 Å². The number of hydrogen-bond donors (Lipinski definition) is 1. The van der Waals surface area contributed by atoms with Crippen LogP contribution in [0.2, 0.25) is 0 Å². The Labute approximate surface area is 104 Å². The molecule has 2 heterocycles. The Morgan fingerprint density at radius 2 is 2.00 bits per heavy atom. The van der Waals surface area contributed by atoms with E-state index in [0.29, 0.717) is 0 Å². The Bertz CT molecular complexity index is 653. The second-order valence-corrected chi connectivity index (χ2v) is 5.22. The van der Waals surface area contributed by atoms with Gasteiger partial charge in [0, 0.05) is 15.8 Å². The summed E-state index contributed by atoms with van der Waals surface area (Å²) in [7, 11) is 0.